The molecule has 15 heavy (non-hydrogen) atoms. The van der Waals surface area contributed by atoms with Crippen molar-refractivity contribution < 1.29 is 4.79 Å². The summed E-state index contributed by atoms with van der Waals surface area (Å²) >= 11 is 0. The Hall–Kier alpha value is -1.88. The van der Waals surface area contributed by atoms with Gasteiger partial charge in [0.2, 0.25) is 0 Å². The van der Waals surface area contributed by atoms with Crippen LogP contribution >= 0.6 is 0 Å². The summed E-state index contributed by atoms with van der Waals surface area (Å²) in [6.07, 6.45) is 0. The number of hydrogen-bond donors (Lipinski definition) is 2. The Kier molecular flexibility index (Phi) is 2.39. The molecule has 5 nitrogen and oxygen atoms in total. The molecule has 0 aliphatic carbocycles. The molecule has 1 aromatic carbocycles. The molecule has 1 heterocycles. The molecule has 0 fully saturated rings. The van der Waals surface area contributed by atoms with Crippen LogP contribution in [0.5, 0.6) is 0 Å². The predicted octanol–water partition coefficient (Wildman–Crippen LogP) is 0.769. The number of hydrazine groups is 1. The Morgan fingerprint density at radius 3 is 2.87 bits per heavy atom. The van der Waals surface area contributed by atoms with Gasteiger partial charge >= 0.3 is 0 Å². The molecule has 0 unspecified atom stereocenters. The lowest BCUT2D eigenvalue weighted by atomic mass is 10.2. The molecule has 5 heteroatoms. The van der Waals surface area contributed by atoms with Gasteiger partial charge in [0.05, 0.1) is 5.52 Å². The van der Waals surface area contributed by atoms with Gasteiger partial charge in [-0.1, -0.05) is 18.2 Å². The smallest absolute Gasteiger partial charge is 0.284 e. The van der Waals surface area contributed by atoms with Crippen LogP contribution in [0.3, 0.4) is 0 Å². The third-order valence-electron chi connectivity index (χ3n) is 2.01. The third-order valence-corrected chi connectivity index (χ3v) is 2.01. The van der Waals surface area contributed by atoms with E-state index in [0.717, 1.165) is 10.9 Å². The first-order valence-electron chi connectivity index (χ1n) is 4.60. The average Bonchev–Trinajstić information content (AvgIpc) is 2.59. The van der Waals surface area contributed by atoms with E-state index in [-0.39, 0.29) is 5.91 Å². The highest BCUT2D eigenvalue weighted by molar-refractivity contribution is 6.04. The van der Waals surface area contributed by atoms with E-state index >= 15 is 0 Å². The number of nitrogens with one attached hydrogen (secondary N) is 2. The SMILES string of the molecule is CN(C)NC(=O)c1n[nH]c2ccccc12. The minimum atomic E-state index is -0.211. The van der Waals surface area contributed by atoms with Crippen molar-refractivity contribution in [3.63, 3.8) is 0 Å². The number of amides is 1. The number of benzene rings is 1. The van der Waals surface area contributed by atoms with Crippen LogP contribution in [0.25, 0.3) is 10.9 Å². The quantitative estimate of drug-likeness (QED) is 0.710. The van der Waals surface area contributed by atoms with Gasteiger partial charge in [-0.3, -0.25) is 15.3 Å². The van der Waals surface area contributed by atoms with Crippen molar-refractivity contribution in [2.45, 2.75) is 0 Å². The predicted molar refractivity (Wildman–Crippen MR) is 57.2 cm³/mol. The molecule has 1 amide bonds. The standard InChI is InChI=1S/C10H12N4O/c1-14(2)13-10(15)9-7-5-3-4-6-8(7)11-12-9/h3-6H,1-2H3,(H,11,12)(H,13,15). The van der Waals surface area contributed by atoms with Gasteiger partial charge in [0.1, 0.15) is 0 Å². The Bertz CT molecular complexity index is 489. The van der Waals surface area contributed by atoms with Gasteiger partial charge in [-0.2, -0.15) is 5.10 Å². The molecule has 0 atom stereocenters. The van der Waals surface area contributed by atoms with E-state index in [1.54, 1.807) is 19.1 Å². The molecule has 0 saturated carbocycles. The Morgan fingerprint density at radius 2 is 2.13 bits per heavy atom. The normalized spacial score (nSPS) is 10.9. The second-order valence-corrected chi connectivity index (χ2v) is 3.45. The van der Waals surface area contributed by atoms with Crippen molar-refractivity contribution >= 4 is 16.8 Å². The number of aromatic amines is 1. The second-order valence-electron chi connectivity index (χ2n) is 3.45. The van der Waals surface area contributed by atoms with Crippen LogP contribution in [0, 0.1) is 0 Å². The highest BCUT2D eigenvalue weighted by Gasteiger charge is 2.13. The van der Waals surface area contributed by atoms with Gasteiger partial charge in [0.15, 0.2) is 5.69 Å². The van der Waals surface area contributed by atoms with E-state index < -0.39 is 0 Å². The van der Waals surface area contributed by atoms with Crippen LogP contribution in [0.4, 0.5) is 0 Å². The monoisotopic (exact) mass is 204 g/mol. The van der Waals surface area contributed by atoms with Crippen molar-refractivity contribution in [1.29, 1.82) is 0 Å². The molecule has 0 spiro atoms. The third kappa shape index (κ3) is 1.82. The van der Waals surface area contributed by atoms with E-state index in [1.807, 2.05) is 24.3 Å². The largest absolute Gasteiger partial charge is 0.286 e. The maximum absolute atomic E-state index is 11.7. The first-order valence-corrected chi connectivity index (χ1v) is 4.60. The van der Waals surface area contributed by atoms with E-state index in [4.69, 9.17) is 0 Å². The van der Waals surface area contributed by atoms with Gasteiger partial charge in [-0.05, 0) is 6.07 Å². The summed E-state index contributed by atoms with van der Waals surface area (Å²) in [5.41, 5.74) is 3.93. The summed E-state index contributed by atoms with van der Waals surface area (Å²) in [5.74, 6) is -0.211. The molecule has 2 rings (SSSR count). The summed E-state index contributed by atoms with van der Waals surface area (Å²) in [6.45, 7) is 0. The zero-order chi connectivity index (χ0) is 10.8. The van der Waals surface area contributed by atoms with Crippen LogP contribution in [0.15, 0.2) is 24.3 Å². The number of fused-ring (bicyclic) bond motifs is 1. The molecule has 2 N–H and O–H groups in total. The number of aromatic nitrogens is 2. The van der Waals surface area contributed by atoms with Crippen molar-refractivity contribution in [3.8, 4) is 0 Å². The highest BCUT2D eigenvalue weighted by atomic mass is 16.2. The summed E-state index contributed by atoms with van der Waals surface area (Å²) in [5, 5.41) is 9.22. The van der Waals surface area contributed by atoms with Crippen LogP contribution in [0.2, 0.25) is 0 Å². The average molecular weight is 204 g/mol. The molecule has 0 saturated heterocycles. The van der Waals surface area contributed by atoms with Crippen LogP contribution in [-0.4, -0.2) is 35.2 Å². The van der Waals surface area contributed by atoms with Gasteiger partial charge in [-0.25, -0.2) is 5.01 Å². The van der Waals surface area contributed by atoms with E-state index in [1.165, 1.54) is 0 Å². The zero-order valence-corrected chi connectivity index (χ0v) is 8.61. The maximum atomic E-state index is 11.7. The second kappa shape index (κ2) is 3.70. The van der Waals surface area contributed by atoms with Crippen molar-refractivity contribution in [2.24, 2.45) is 0 Å². The van der Waals surface area contributed by atoms with Gasteiger partial charge in [-0.15, -0.1) is 0 Å². The van der Waals surface area contributed by atoms with Gasteiger partial charge < -0.3 is 0 Å². The fraction of sp³-hybridized carbons (Fsp3) is 0.200. The number of rotatable bonds is 2. The summed E-state index contributed by atoms with van der Waals surface area (Å²) in [7, 11) is 3.51. The highest BCUT2D eigenvalue weighted by Crippen LogP contribution is 2.14. The number of carbonyl (C=O) groups is 1. The number of H-pyrrole nitrogens is 1. The first kappa shape index (κ1) is 9.67. The van der Waals surface area contributed by atoms with Crippen LogP contribution < -0.4 is 5.43 Å². The molecular formula is C10H12N4O. The summed E-state index contributed by atoms with van der Waals surface area (Å²) < 4.78 is 0. The molecule has 0 bridgehead atoms. The lowest BCUT2D eigenvalue weighted by Crippen LogP contribution is -2.36. The Balaban J connectivity index is 2.40. The van der Waals surface area contributed by atoms with E-state index in [0.29, 0.717) is 5.69 Å². The van der Waals surface area contributed by atoms with Crippen LogP contribution in [-0.2, 0) is 0 Å². The molecule has 2 aromatic rings. The molecule has 78 valence electrons. The Labute approximate surface area is 87.0 Å². The fourth-order valence-corrected chi connectivity index (χ4v) is 1.39. The molecule has 1 aromatic heterocycles. The molecule has 0 aliphatic heterocycles. The van der Waals surface area contributed by atoms with Gasteiger partial charge in [0.25, 0.3) is 5.91 Å². The summed E-state index contributed by atoms with van der Waals surface area (Å²) in [6, 6.07) is 7.52. The number of para-hydroxylation sites is 1. The zero-order valence-electron chi connectivity index (χ0n) is 8.61. The molecule has 0 aliphatic rings. The van der Waals surface area contributed by atoms with Gasteiger partial charge in [0, 0.05) is 19.5 Å². The first-order chi connectivity index (χ1) is 7.18. The van der Waals surface area contributed by atoms with Crippen molar-refractivity contribution in [3.05, 3.63) is 30.0 Å². The van der Waals surface area contributed by atoms with E-state index in [2.05, 4.69) is 15.6 Å². The number of carbonyl (C=O) groups excluding carboxylic acids is 1. The number of hydrogen-bond acceptors (Lipinski definition) is 3. The fourth-order valence-electron chi connectivity index (χ4n) is 1.39. The minimum Gasteiger partial charge on any atom is -0.284 e. The lowest BCUT2D eigenvalue weighted by molar-refractivity contribution is 0.0853. The number of nitrogens with zero attached hydrogens (tertiary/aromatic N) is 2. The minimum absolute atomic E-state index is 0.211. The van der Waals surface area contributed by atoms with Crippen LogP contribution in [0.1, 0.15) is 10.5 Å². The molecular weight excluding hydrogens is 192 g/mol. The van der Waals surface area contributed by atoms with Crippen molar-refractivity contribution in [1.82, 2.24) is 20.6 Å². The van der Waals surface area contributed by atoms with E-state index in [9.17, 15) is 4.79 Å². The van der Waals surface area contributed by atoms with Crippen molar-refractivity contribution in [2.75, 3.05) is 14.1 Å². The molecule has 0 radical (unpaired) electrons. The maximum Gasteiger partial charge on any atom is 0.286 e. The Morgan fingerprint density at radius 1 is 1.40 bits per heavy atom. The summed E-state index contributed by atoms with van der Waals surface area (Å²) in [4.78, 5) is 11.7. The lowest BCUT2D eigenvalue weighted by Gasteiger charge is -2.09. The topological polar surface area (TPSA) is 61.0 Å².